The normalized spacial score (nSPS) is 10.1. The first-order valence-electron chi connectivity index (χ1n) is 4.01. The van der Waals surface area contributed by atoms with Crippen LogP contribution in [0.25, 0.3) is 11.1 Å². The van der Waals surface area contributed by atoms with Crippen LogP contribution in [0, 0.1) is 0 Å². The van der Waals surface area contributed by atoms with Crippen molar-refractivity contribution in [3.05, 3.63) is 41.9 Å². The van der Waals surface area contributed by atoms with Crippen LogP contribution < -0.4 is 0 Å². The largest absolute Gasteiger partial charge is 0.506 e. The van der Waals surface area contributed by atoms with E-state index in [9.17, 15) is 5.11 Å². The molecule has 70 valence electrons. The van der Waals surface area contributed by atoms with Gasteiger partial charge >= 0.3 is 0 Å². The molecule has 0 bridgehead atoms. The maximum Gasteiger partial charge on any atom is 0.134 e. The van der Waals surface area contributed by atoms with Crippen molar-refractivity contribution in [2.75, 3.05) is 0 Å². The van der Waals surface area contributed by atoms with Crippen LogP contribution in [-0.2, 0) is 0 Å². The zero-order valence-electron chi connectivity index (χ0n) is 7.18. The van der Waals surface area contributed by atoms with Crippen molar-refractivity contribution >= 4 is 11.6 Å². The predicted octanol–water partition coefficient (Wildman–Crippen LogP) is 2.50. The highest BCUT2D eigenvalue weighted by molar-refractivity contribution is 6.32. The van der Waals surface area contributed by atoms with Crippen LogP contribution in [0.15, 0.2) is 36.9 Å². The molecule has 1 aromatic heterocycles. The lowest BCUT2D eigenvalue weighted by atomic mass is 10.1. The van der Waals surface area contributed by atoms with Gasteiger partial charge in [-0.3, -0.25) is 0 Å². The summed E-state index contributed by atoms with van der Waals surface area (Å²) in [4.78, 5) is 7.79. The Morgan fingerprint density at radius 2 is 1.79 bits per heavy atom. The Balaban J connectivity index is 2.48. The van der Waals surface area contributed by atoms with Gasteiger partial charge in [0.2, 0.25) is 0 Å². The molecule has 2 aromatic rings. The monoisotopic (exact) mass is 206 g/mol. The third kappa shape index (κ3) is 1.67. The predicted molar refractivity (Wildman–Crippen MR) is 54.1 cm³/mol. The number of benzene rings is 1. The van der Waals surface area contributed by atoms with Gasteiger partial charge in [0.25, 0.3) is 0 Å². The summed E-state index contributed by atoms with van der Waals surface area (Å²) < 4.78 is 0. The highest BCUT2D eigenvalue weighted by Crippen LogP contribution is 2.28. The highest BCUT2D eigenvalue weighted by Gasteiger charge is 2.02. The highest BCUT2D eigenvalue weighted by atomic mass is 35.5. The molecule has 0 aliphatic carbocycles. The molecular weight excluding hydrogens is 200 g/mol. The van der Waals surface area contributed by atoms with Gasteiger partial charge in [-0.25, -0.2) is 9.97 Å². The molecule has 0 saturated heterocycles. The number of rotatable bonds is 1. The minimum absolute atomic E-state index is 0.0762. The number of hydrogen-bond acceptors (Lipinski definition) is 3. The van der Waals surface area contributed by atoms with Gasteiger partial charge in [-0.2, -0.15) is 0 Å². The van der Waals surface area contributed by atoms with E-state index in [4.69, 9.17) is 11.6 Å². The molecule has 0 aliphatic heterocycles. The Bertz CT molecular complexity index is 445. The zero-order valence-corrected chi connectivity index (χ0v) is 7.94. The second-order valence-corrected chi connectivity index (χ2v) is 3.20. The Hall–Kier alpha value is -1.61. The van der Waals surface area contributed by atoms with Crippen molar-refractivity contribution in [1.29, 1.82) is 0 Å². The first kappa shape index (κ1) is 8.97. The summed E-state index contributed by atoms with van der Waals surface area (Å²) in [7, 11) is 0. The van der Waals surface area contributed by atoms with Crippen LogP contribution in [0.1, 0.15) is 0 Å². The third-order valence-corrected chi connectivity index (χ3v) is 2.14. The van der Waals surface area contributed by atoms with Gasteiger partial charge in [0, 0.05) is 18.0 Å². The molecule has 0 saturated carbocycles. The number of aromatic hydroxyl groups is 1. The number of phenols is 1. The summed E-state index contributed by atoms with van der Waals surface area (Å²) in [6.45, 7) is 0. The van der Waals surface area contributed by atoms with Crippen molar-refractivity contribution < 1.29 is 5.11 Å². The van der Waals surface area contributed by atoms with E-state index in [0.29, 0.717) is 5.02 Å². The van der Waals surface area contributed by atoms with Crippen LogP contribution in [0.4, 0.5) is 0 Å². The van der Waals surface area contributed by atoms with E-state index < -0.39 is 0 Å². The summed E-state index contributed by atoms with van der Waals surface area (Å²) in [6.07, 6.45) is 4.84. The lowest BCUT2D eigenvalue weighted by Gasteiger charge is -2.01. The molecule has 0 unspecified atom stereocenters. The van der Waals surface area contributed by atoms with Gasteiger partial charge < -0.3 is 5.11 Å². The molecule has 0 aliphatic rings. The van der Waals surface area contributed by atoms with Gasteiger partial charge in [0.05, 0.1) is 5.02 Å². The molecule has 0 spiro atoms. The molecule has 1 N–H and O–H groups in total. The van der Waals surface area contributed by atoms with Crippen molar-refractivity contribution in [1.82, 2.24) is 9.97 Å². The maximum atomic E-state index is 9.23. The molecule has 0 amide bonds. The minimum atomic E-state index is 0.0762. The van der Waals surface area contributed by atoms with Crippen LogP contribution >= 0.6 is 11.6 Å². The van der Waals surface area contributed by atoms with E-state index in [2.05, 4.69) is 9.97 Å². The summed E-state index contributed by atoms with van der Waals surface area (Å²) in [5, 5.41) is 9.55. The van der Waals surface area contributed by atoms with E-state index in [-0.39, 0.29) is 5.75 Å². The topological polar surface area (TPSA) is 46.0 Å². The fraction of sp³-hybridized carbons (Fsp3) is 0. The fourth-order valence-corrected chi connectivity index (χ4v) is 1.32. The summed E-state index contributed by atoms with van der Waals surface area (Å²) in [5.41, 5.74) is 1.75. The second kappa shape index (κ2) is 3.64. The van der Waals surface area contributed by atoms with Gasteiger partial charge in [-0.15, -0.1) is 0 Å². The number of nitrogens with zero attached hydrogens (tertiary/aromatic N) is 2. The van der Waals surface area contributed by atoms with Crippen LogP contribution in [0.3, 0.4) is 0 Å². The summed E-state index contributed by atoms with van der Waals surface area (Å²) >= 11 is 5.77. The molecule has 0 atom stereocenters. The molecular formula is C10H7ClN2O. The average molecular weight is 207 g/mol. The number of hydrogen-bond donors (Lipinski definition) is 1. The molecule has 0 fully saturated rings. The van der Waals surface area contributed by atoms with E-state index in [1.54, 1.807) is 30.6 Å². The number of halogens is 1. The van der Waals surface area contributed by atoms with Crippen molar-refractivity contribution in [3.8, 4) is 16.9 Å². The molecule has 1 heterocycles. The molecule has 2 rings (SSSR count). The van der Waals surface area contributed by atoms with E-state index >= 15 is 0 Å². The lowest BCUT2D eigenvalue weighted by Crippen LogP contribution is -1.81. The Morgan fingerprint density at radius 1 is 1.07 bits per heavy atom. The molecule has 1 aromatic carbocycles. The second-order valence-electron chi connectivity index (χ2n) is 2.79. The zero-order chi connectivity index (χ0) is 9.97. The fourth-order valence-electron chi connectivity index (χ4n) is 1.13. The van der Waals surface area contributed by atoms with E-state index in [0.717, 1.165) is 11.1 Å². The van der Waals surface area contributed by atoms with Crippen LogP contribution in [0.5, 0.6) is 5.75 Å². The van der Waals surface area contributed by atoms with Crippen molar-refractivity contribution in [3.63, 3.8) is 0 Å². The lowest BCUT2D eigenvalue weighted by molar-refractivity contribution is 0.475. The standard InChI is InChI=1S/C10H7ClN2O/c11-9-3-7(1-2-10(9)14)8-4-12-6-13-5-8/h1-6,14H. The van der Waals surface area contributed by atoms with Gasteiger partial charge in [-0.05, 0) is 17.7 Å². The van der Waals surface area contributed by atoms with E-state index in [1.807, 2.05) is 0 Å². The smallest absolute Gasteiger partial charge is 0.134 e. The Kier molecular flexibility index (Phi) is 2.33. The molecule has 3 nitrogen and oxygen atoms in total. The van der Waals surface area contributed by atoms with Crippen LogP contribution in [0.2, 0.25) is 5.02 Å². The molecule has 4 heteroatoms. The quantitative estimate of drug-likeness (QED) is 0.780. The molecule has 14 heavy (non-hydrogen) atoms. The number of phenolic OH excluding ortho intramolecular Hbond substituents is 1. The van der Waals surface area contributed by atoms with Gasteiger partial charge in [0.15, 0.2) is 0 Å². The number of aromatic nitrogens is 2. The molecule has 0 radical (unpaired) electrons. The van der Waals surface area contributed by atoms with Crippen LogP contribution in [-0.4, -0.2) is 15.1 Å². The third-order valence-electron chi connectivity index (χ3n) is 1.84. The SMILES string of the molecule is Oc1ccc(-c2cncnc2)cc1Cl. The van der Waals surface area contributed by atoms with Gasteiger partial charge in [-0.1, -0.05) is 17.7 Å². The first-order chi connectivity index (χ1) is 6.77. The van der Waals surface area contributed by atoms with E-state index in [1.165, 1.54) is 6.33 Å². The van der Waals surface area contributed by atoms with Crippen molar-refractivity contribution in [2.45, 2.75) is 0 Å². The van der Waals surface area contributed by atoms with Gasteiger partial charge in [0.1, 0.15) is 12.1 Å². The summed E-state index contributed by atoms with van der Waals surface area (Å²) in [6, 6.07) is 4.99. The van der Waals surface area contributed by atoms with Crippen molar-refractivity contribution in [2.24, 2.45) is 0 Å². The Morgan fingerprint density at radius 3 is 2.43 bits per heavy atom. The first-order valence-corrected chi connectivity index (χ1v) is 4.39. The average Bonchev–Trinajstić information content (AvgIpc) is 2.23. The maximum absolute atomic E-state index is 9.23. The Labute approximate surface area is 86.0 Å². The summed E-state index contributed by atoms with van der Waals surface area (Å²) in [5.74, 6) is 0.0762. The minimum Gasteiger partial charge on any atom is -0.506 e.